The van der Waals surface area contributed by atoms with Crippen molar-refractivity contribution in [3.63, 3.8) is 0 Å². The zero-order valence-corrected chi connectivity index (χ0v) is 12.8. The van der Waals surface area contributed by atoms with Gasteiger partial charge in [-0.3, -0.25) is 0 Å². The molecule has 2 aromatic carbocycles. The number of nitrogens with two attached hydrogens (primary N) is 1. The average Bonchev–Trinajstić information content (AvgIpc) is 2.79. The van der Waals surface area contributed by atoms with Gasteiger partial charge in [-0.25, -0.2) is 0 Å². The molecule has 108 valence electrons. The lowest BCUT2D eigenvalue weighted by molar-refractivity contribution is 0.275. The van der Waals surface area contributed by atoms with E-state index in [0.29, 0.717) is 6.61 Å². The van der Waals surface area contributed by atoms with Crippen LogP contribution in [0.2, 0.25) is 0 Å². The Morgan fingerprint density at radius 2 is 1.95 bits per heavy atom. The number of hydrogen-bond donors (Lipinski definition) is 3. The molecular formula is C15H17BN2O2S. The fraction of sp³-hybridized carbons (Fsp3) is 0.200. The van der Waals surface area contributed by atoms with Crippen LogP contribution < -0.4 is 15.9 Å². The molecular weight excluding hydrogens is 283 g/mol. The van der Waals surface area contributed by atoms with Gasteiger partial charge in [0, 0.05) is 16.3 Å². The lowest BCUT2D eigenvalue weighted by Crippen LogP contribution is -2.28. The Labute approximate surface area is 129 Å². The van der Waals surface area contributed by atoms with E-state index in [1.165, 1.54) is 4.90 Å². The largest absolute Gasteiger partial charge is 0.491 e. The van der Waals surface area contributed by atoms with Crippen LogP contribution in [0.3, 0.4) is 0 Å². The Morgan fingerprint density at radius 3 is 2.67 bits per heavy atom. The standard InChI is InChI=1S/C15H17BN2O2S/c1-9-5-12(17)6-10(2)15(9)21-18-13-4-3-11-8-20-16(19)14(11)7-13/h3-7,18-19H,8,17H2,1-2H3. The molecule has 0 amide bonds. The van der Waals surface area contributed by atoms with Gasteiger partial charge in [-0.1, -0.05) is 6.07 Å². The summed E-state index contributed by atoms with van der Waals surface area (Å²) in [6.45, 7) is 4.57. The van der Waals surface area contributed by atoms with Gasteiger partial charge in [0.1, 0.15) is 0 Å². The van der Waals surface area contributed by atoms with Gasteiger partial charge >= 0.3 is 7.12 Å². The Balaban J connectivity index is 1.78. The summed E-state index contributed by atoms with van der Waals surface area (Å²) in [6.07, 6.45) is 0. The summed E-state index contributed by atoms with van der Waals surface area (Å²) >= 11 is 1.55. The van der Waals surface area contributed by atoms with Crippen molar-refractivity contribution in [1.29, 1.82) is 0 Å². The van der Waals surface area contributed by atoms with E-state index in [4.69, 9.17) is 10.4 Å². The number of nitrogens with one attached hydrogen (secondary N) is 1. The maximum absolute atomic E-state index is 9.74. The molecule has 1 aliphatic rings. The van der Waals surface area contributed by atoms with E-state index in [1.54, 1.807) is 11.9 Å². The second-order valence-electron chi connectivity index (χ2n) is 5.26. The van der Waals surface area contributed by atoms with E-state index in [-0.39, 0.29) is 0 Å². The minimum absolute atomic E-state index is 0.472. The number of fused-ring (bicyclic) bond motifs is 1. The molecule has 0 aromatic heterocycles. The quantitative estimate of drug-likeness (QED) is 0.461. The van der Waals surface area contributed by atoms with Gasteiger partial charge in [0.05, 0.1) is 6.61 Å². The van der Waals surface area contributed by atoms with Gasteiger partial charge in [-0.05, 0) is 72.2 Å². The molecule has 0 atom stereocenters. The van der Waals surface area contributed by atoms with E-state index >= 15 is 0 Å². The molecule has 0 unspecified atom stereocenters. The summed E-state index contributed by atoms with van der Waals surface area (Å²) in [7, 11) is -0.813. The summed E-state index contributed by atoms with van der Waals surface area (Å²) in [6, 6.07) is 9.85. The summed E-state index contributed by atoms with van der Waals surface area (Å²) in [4.78, 5) is 1.17. The van der Waals surface area contributed by atoms with Crippen molar-refractivity contribution in [2.75, 3.05) is 10.5 Å². The molecule has 4 N–H and O–H groups in total. The lowest BCUT2D eigenvalue weighted by Gasteiger charge is -2.12. The van der Waals surface area contributed by atoms with Crippen molar-refractivity contribution >= 4 is 35.9 Å². The van der Waals surface area contributed by atoms with Gasteiger partial charge in [0.15, 0.2) is 0 Å². The molecule has 2 aromatic rings. The summed E-state index contributed by atoms with van der Waals surface area (Å²) in [5.41, 5.74) is 11.7. The third kappa shape index (κ3) is 2.88. The molecule has 3 rings (SSSR count). The first-order valence-corrected chi connectivity index (χ1v) is 7.58. The fourth-order valence-corrected chi connectivity index (χ4v) is 3.32. The van der Waals surface area contributed by atoms with Crippen LogP contribution in [0.1, 0.15) is 16.7 Å². The molecule has 4 nitrogen and oxygen atoms in total. The molecule has 1 aliphatic heterocycles. The number of anilines is 2. The predicted octanol–water partition coefficient (Wildman–Crippen LogP) is 2.22. The van der Waals surface area contributed by atoms with Crippen molar-refractivity contribution in [3.8, 4) is 0 Å². The van der Waals surface area contributed by atoms with Gasteiger partial charge in [-0.2, -0.15) is 0 Å². The Morgan fingerprint density at radius 1 is 1.24 bits per heavy atom. The minimum Gasteiger partial charge on any atom is -0.423 e. The number of hydrogen-bond acceptors (Lipinski definition) is 5. The molecule has 0 saturated carbocycles. The highest BCUT2D eigenvalue weighted by Gasteiger charge is 2.27. The highest BCUT2D eigenvalue weighted by atomic mass is 32.2. The van der Waals surface area contributed by atoms with Crippen molar-refractivity contribution in [2.24, 2.45) is 0 Å². The maximum Gasteiger partial charge on any atom is 0.491 e. The topological polar surface area (TPSA) is 67.5 Å². The van der Waals surface area contributed by atoms with E-state index in [2.05, 4.69) is 4.72 Å². The second-order valence-corrected chi connectivity index (χ2v) is 6.08. The first kappa shape index (κ1) is 14.3. The van der Waals surface area contributed by atoms with E-state index in [0.717, 1.165) is 33.5 Å². The van der Waals surface area contributed by atoms with Crippen LogP contribution in [0.15, 0.2) is 35.2 Å². The van der Waals surface area contributed by atoms with E-state index < -0.39 is 7.12 Å². The Kier molecular flexibility index (Phi) is 3.84. The van der Waals surface area contributed by atoms with Crippen molar-refractivity contribution in [2.45, 2.75) is 25.3 Å². The van der Waals surface area contributed by atoms with Crippen molar-refractivity contribution in [3.05, 3.63) is 47.0 Å². The molecule has 21 heavy (non-hydrogen) atoms. The zero-order valence-electron chi connectivity index (χ0n) is 12.0. The predicted molar refractivity (Wildman–Crippen MR) is 88.6 cm³/mol. The molecule has 1 heterocycles. The van der Waals surface area contributed by atoms with Crippen molar-refractivity contribution < 1.29 is 9.68 Å². The molecule has 6 heteroatoms. The van der Waals surface area contributed by atoms with Gasteiger partial charge in [0.2, 0.25) is 0 Å². The summed E-state index contributed by atoms with van der Waals surface area (Å²) < 4.78 is 8.52. The molecule has 0 aliphatic carbocycles. The monoisotopic (exact) mass is 300 g/mol. The van der Waals surface area contributed by atoms with E-state index in [9.17, 15) is 5.02 Å². The first-order valence-electron chi connectivity index (χ1n) is 6.76. The number of benzene rings is 2. The molecule has 0 bridgehead atoms. The van der Waals surface area contributed by atoms with Crippen LogP contribution in [0.5, 0.6) is 0 Å². The number of nitrogen functional groups attached to an aromatic ring is 1. The van der Waals surface area contributed by atoms with Gasteiger partial charge < -0.3 is 20.1 Å². The van der Waals surface area contributed by atoms with Crippen LogP contribution >= 0.6 is 11.9 Å². The van der Waals surface area contributed by atoms with Gasteiger partial charge in [0.25, 0.3) is 0 Å². The SMILES string of the molecule is Cc1cc(N)cc(C)c1SNc1ccc2c(c1)B(O)OC2. The molecule has 0 saturated heterocycles. The molecule has 0 radical (unpaired) electrons. The fourth-order valence-electron chi connectivity index (χ4n) is 2.53. The second kappa shape index (κ2) is 5.64. The highest BCUT2D eigenvalue weighted by molar-refractivity contribution is 8.00. The molecule has 0 spiro atoms. The Bertz CT molecular complexity index is 670. The van der Waals surface area contributed by atoms with Crippen LogP contribution in [0.25, 0.3) is 0 Å². The number of rotatable bonds is 3. The molecule has 0 fully saturated rings. The highest BCUT2D eigenvalue weighted by Crippen LogP contribution is 2.29. The van der Waals surface area contributed by atoms with Gasteiger partial charge in [-0.15, -0.1) is 0 Å². The minimum atomic E-state index is -0.813. The summed E-state index contributed by atoms with van der Waals surface area (Å²) in [5, 5.41) is 9.74. The first-order chi connectivity index (χ1) is 10.0. The van der Waals surface area contributed by atoms with E-state index in [1.807, 2.05) is 44.2 Å². The van der Waals surface area contributed by atoms with Crippen LogP contribution in [-0.2, 0) is 11.3 Å². The van der Waals surface area contributed by atoms with Crippen LogP contribution in [0, 0.1) is 13.8 Å². The smallest absolute Gasteiger partial charge is 0.423 e. The lowest BCUT2D eigenvalue weighted by atomic mass is 9.79. The maximum atomic E-state index is 9.74. The third-order valence-corrected chi connectivity index (χ3v) is 4.75. The van der Waals surface area contributed by atoms with Crippen molar-refractivity contribution in [1.82, 2.24) is 0 Å². The average molecular weight is 300 g/mol. The Hall–Kier alpha value is -1.63. The third-order valence-electron chi connectivity index (χ3n) is 3.56. The normalized spacial score (nSPS) is 13.4. The van der Waals surface area contributed by atoms with Crippen LogP contribution in [0.4, 0.5) is 11.4 Å². The van der Waals surface area contributed by atoms with Crippen LogP contribution in [-0.4, -0.2) is 12.1 Å². The summed E-state index contributed by atoms with van der Waals surface area (Å²) in [5.74, 6) is 0. The zero-order chi connectivity index (χ0) is 15.0. The number of aryl methyl sites for hydroxylation is 2.